The fourth-order valence-corrected chi connectivity index (χ4v) is 3.13. The van der Waals surface area contributed by atoms with Crippen LogP contribution < -0.4 is 11.2 Å². The molecule has 148 valence electrons. The van der Waals surface area contributed by atoms with Crippen LogP contribution in [0.2, 0.25) is 0 Å². The molecular formula is C19H20FN3O5. The average Bonchev–Trinajstić information content (AvgIpc) is 2.89. The number of aromatic nitrogens is 2. The molecule has 3 rings (SSSR count). The summed E-state index contributed by atoms with van der Waals surface area (Å²) < 4.78 is 20.3. The van der Waals surface area contributed by atoms with Gasteiger partial charge >= 0.3 is 5.69 Å². The molecule has 8 nitrogen and oxygen atoms in total. The van der Waals surface area contributed by atoms with E-state index in [-0.39, 0.29) is 30.9 Å². The number of ether oxygens (including phenoxy) is 1. The van der Waals surface area contributed by atoms with Crippen molar-refractivity contribution >= 4 is 11.8 Å². The fraction of sp³-hybridized carbons (Fsp3) is 0.368. The van der Waals surface area contributed by atoms with Crippen molar-refractivity contribution < 1.29 is 18.7 Å². The third-order valence-corrected chi connectivity index (χ3v) is 4.37. The van der Waals surface area contributed by atoms with Gasteiger partial charge in [0.25, 0.3) is 17.4 Å². The van der Waals surface area contributed by atoms with Crippen LogP contribution in [-0.4, -0.2) is 38.9 Å². The van der Waals surface area contributed by atoms with Crippen LogP contribution in [0.1, 0.15) is 53.6 Å². The first-order valence-corrected chi connectivity index (χ1v) is 8.91. The van der Waals surface area contributed by atoms with Crippen LogP contribution in [0.25, 0.3) is 0 Å². The van der Waals surface area contributed by atoms with Crippen molar-refractivity contribution in [1.82, 2.24) is 14.5 Å². The van der Waals surface area contributed by atoms with Crippen molar-refractivity contribution in [2.24, 2.45) is 0 Å². The first-order chi connectivity index (χ1) is 13.3. The van der Waals surface area contributed by atoms with Crippen LogP contribution in [-0.2, 0) is 4.74 Å². The summed E-state index contributed by atoms with van der Waals surface area (Å²) in [5, 5.41) is 0. The maximum absolute atomic E-state index is 13.6. The molecule has 2 aromatic rings. The molecule has 0 saturated carbocycles. The number of hydrogen-bond donors (Lipinski definition) is 1. The van der Waals surface area contributed by atoms with Crippen LogP contribution in [0.15, 0.2) is 40.1 Å². The lowest BCUT2D eigenvalue weighted by Crippen LogP contribution is -2.36. The number of hydrogen-bond acceptors (Lipinski definition) is 5. The summed E-state index contributed by atoms with van der Waals surface area (Å²) >= 11 is 0. The third kappa shape index (κ3) is 3.79. The predicted molar refractivity (Wildman–Crippen MR) is 97.6 cm³/mol. The zero-order valence-electron chi connectivity index (χ0n) is 15.5. The Kier molecular flexibility index (Phi) is 5.55. The number of halogens is 1. The van der Waals surface area contributed by atoms with Gasteiger partial charge < -0.3 is 4.74 Å². The number of rotatable bonds is 7. The van der Waals surface area contributed by atoms with E-state index in [2.05, 4.69) is 0 Å². The lowest BCUT2D eigenvalue weighted by Gasteiger charge is -2.23. The molecule has 0 saturated heterocycles. The number of nitrogens with zero attached hydrogens (tertiary/aromatic N) is 2. The van der Waals surface area contributed by atoms with E-state index in [0.29, 0.717) is 17.5 Å². The van der Waals surface area contributed by atoms with Gasteiger partial charge in [-0.3, -0.25) is 28.8 Å². The van der Waals surface area contributed by atoms with E-state index in [1.165, 1.54) is 0 Å². The number of benzene rings is 1. The standard InChI is InChI=1S/C19H20FN3O5/c1-11(2)28-15(23-10-14(20)16(24)21-19(23)27)8-5-9-22-17(25)12-6-3-4-7-13(12)18(22)26/h3-4,6-7,10-11,15H,5,8-9H2,1-2H3,(H,21,24,27). The predicted octanol–water partition coefficient (Wildman–Crippen LogP) is 1.68. The molecule has 0 fully saturated rings. The minimum absolute atomic E-state index is 0.130. The van der Waals surface area contributed by atoms with Gasteiger partial charge in [-0.1, -0.05) is 12.1 Å². The monoisotopic (exact) mass is 389 g/mol. The molecule has 1 N–H and O–H groups in total. The Balaban J connectivity index is 1.73. The van der Waals surface area contributed by atoms with Crippen LogP contribution in [0.4, 0.5) is 4.39 Å². The van der Waals surface area contributed by atoms with Crippen LogP contribution in [0, 0.1) is 5.82 Å². The first kappa shape index (κ1) is 19.7. The maximum Gasteiger partial charge on any atom is 0.330 e. The fourth-order valence-electron chi connectivity index (χ4n) is 3.13. The SMILES string of the molecule is CC(C)OC(CCCN1C(=O)c2ccccc2C1=O)n1cc(F)c(=O)[nH]c1=O. The van der Waals surface area contributed by atoms with Crippen LogP contribution in [0.3, 0.4) is 0 Å². The van der Waals surface area contributed by atoms with E-state index in [1.54, 1.807) is 38.1 Å². The highest BCUT2D eigenvalue weighted by Gasteiger charge is 2.34. The summed E-state index contributed by atoms with van der Waals surface area (Å²) in [5.74, 6) is -1.83. The van der Waals surface area contributed by atoms with Gasteiger partial charge in [0.2, 0.25) is 5.82 Å². The maximum atomic E-state index is 13.6. The molecule has 1 aliphatic rings. The summed E-state index contributed by atoms with van der Waals surface area (Å²) in [6.45, 7) is 3.64. The second-order valence-electron chi connectivity index (χ2n) is 6.73. The molecule has 1 atom stereocenters. The minimum atomic E-state index is -1.10. The Labute approximate surface area is 159 Å². The zero-order chi connectivity index (χ0) is 20.4. The molecule has 1 unspecified atom stereocenters. The van der Waals surface area contributed by atoms with E-state index < -0.39 is 23.3 Å². The van der Waals surface area contributed by atoms with Crippen molar-refractivity contribution in [2.45, 2.75) is 39.0 Å². The number of H-pyrrole nitrogens is 1. The van der Waals surface area contributed by atoms with Crippen molar-refractivity contribution in [1.29, 1.82) is 0 Å². The van der Waals surface area contributed by atoms with Crippen LogP contribution >= 0.6 is 0 Å². The highest BCUT2D eigenvalue weighted by Crippen LogP contribution is 2.24. The molecule has 0 bridgehead atoms. The van der Waals surface area contributed by atoms with Crippen LogP contribution in [0.5, 0.6) is 0 Å². The number of aromatic amines is 1. The van der Waals surface area contributed by atoms with Crippen molar-refractivity contribution in [3.63, 3.8) is 0 Å². The molecule has 1 aromatic heterocycles. The van der Waals surface area contributed by atoms with E-state index in [0.717, 1.165) is 15.7 Å². The molecule has 0 spiro atoms. The lowest BCUT2D eigenvalue weighted by atomic mass is 10.1. The molecule has 1 aliphatic heterocycles. The van der Waals surface area contributed by atoms with Gasteiger partial charge in [-0.2, -0.15) is 4.39 Å². The molecule has 9 heteroatoms. The first-order valence-electron chi connectivity index (χ1n) is 8.91. The smallest absolute Gasteiger partial charge is 0.330 e. The second kappa shape index (κ2) is 7.89. The molecule has 28 heavy (non-hydrogen) atoms. The van der Waals surface area contributed by atoms with Crippen molar-refractivity contribution in [2.75, 3.05) is 6.54 Å². The van der Waals surface area contributed by atoms with E-state index in [4.69, 9.17) is 4.74 Å². The van der Waals surface area contributed by atoms with E-state index in [1.807, 2.05) is 4.98 Å². The third-order valence-electron chi connectivity index (χ3n) is 4.37. The Hall–Kier alpha value is -3.07. The number of fused-ring (bicyclic) bond motifs is 1. The lowest BCUT2D eigenvalue weighted by molar-refractivity contribution is -0.0468. The second-order valence-corrected chi connectivity index (χ2v) is 6.73. The quantitative estimate of drug-likeness (QED) is 0.726. The van der Waals surface area contributed by atoms with Crippen molar-refractivity contribution in [3.05, 3.63) is 68.2 Å². The molecule has 2 amide bonds. The van der Waals surface area contributed by atoms with Gasteiger partial charge in [-0.25, -0.2) is 4.79 Å². The number of carbonyl (C=O) groups excluding carboxylic acids is 2. The van der Waals surface area contributed by atoms with Gasteiger partial charge in [0.15, 0.2) is 0 Å². The Morgan fingerprint density at radius 1 is 1.07 bits per heavy atom. The molecule has 0 radical (unpaired) electrons. The molecule has 0 aliphatic carbocycles. The van der Waals surface area contributed by atoms with Gasteiger partial charge in [0.05, 0.1) is 23.4 Å². The van der Waals surface area contributed by atoms with Crippen molar-refractivity contribution in [3.8, 4) is 0 Å². The largest absolute Gasteiger partial charge is 0.355 e. The number of nitrogens with one attached hydrogen (secondary N) is 1. The Bertz CT molecular complexity index is 992. The summed E-state index contributed by atoms with van der Waals surface area (Å²) in [4.78, 5) is 51.1. The van der Waals surface area contributed by atoms with Gasteiger partial charge in [-0.15, -0.1) is 0 Å². The highest BCUT2D eigenvalue weighted by atomic mass is 19.1. The van der Waals surface area contributed by atoms with E-state index >= 15 is 0 Å². The van der Waals surface area contributed by atoms with Gasteiger partial charge in [0.1, 0.15) is 6.23 Å². The topological polar surface area (TPSA) is 101 Å². The summed E-state index contributed by atoms with van der Waals surface area (Å²) in [7, 11) is 0. The normalized spacial score (nSPS) is 14.6. The molecule has 2 heterocycles. The van der Waals surface area contributed by atoms with Gasteiger partial charge in [0, 0.05) is 6.54 Å². The van der Waals surface area contributed by atoms with E-state index in [9.17, 15) is 23.6 Å². The zero-order valence-corrected chi connectivity index (χ0v) is 15.5. The number of imide groups is 1. The number of carbonyl (C=O) groups is 2. The molecule has 1 aromatic carbocycles. The Morgan fingerprint density at radius 3 is 2.25 bits per heavy atom. The van der Waals surface area contributed by atoms with Gasteiger partial charge in [-0.05, 0) is 38.8 Å². The minimum Gasteiger partial charge on any atom is -0.355 e. The number of amides is 2. The highest BCUT2D eigenvalue weighted by molar-refractivity contribution is 6.21. The molecular weight excluding hydrogens is 369 g/mol. The summed E-state index contributed by atoms with van der Waals surface area (Å²) in [6.07, 6.45) is 0.240. The summed E-state index contributed by atoms with van der Waals surface area (Å²) in [5.41, 5.74) is -1.17. The summed E-state index contributed by atoms with van der Waals surface area (Å²) in [6, 6.07) is 6.58. The average molecular weight is 389 g/mol. The Morgan fingerprint density at radius 2 is 1.68 bits per heavy atom.